The highest BCUT2D eigenvalue weighted by Crippen LogP contribution is 2.25. The molecule has 0 aliphatic heterocycles. The van der Waals surface area contributed by atoms with Crippen molar-refractivity contribution in [2.24, 2.45) is 5.73 Å². The van der Waals surface area contributed by atoms with Crippen molar-refractivity contribution < 1.29 is 22.7 Å². The first-order valence-electron chi connectivity index (χ1n) is 5.34. The van der Waals surface area contributed by atoms with Gasteiger partial charge < -0.3 is 21.1 Å². The molecule has 4 N–H and O–H groups in total. The molecule has 0 fully saturated rings. The van der Waals surface area contributed by atoms with E-state index in [1.807, 2.05) is 0 Å². The fourth-order valence-electron chi connectivity index (χ4n) is 1.31. The average molecular weight is 277 g/mol. The Morgan fingerprint density at radius 3 is 2.63 bits per heavy atom. The SMILES string of the molecule is COc1cc(CN)ccc1NC(=O)NCC(F)(F)F. The number of carbonyl (C=O) groups excluding carboxylic acids is 1. The van der Waals surface area contributed by atoms with Crippen molar-refractivity contribution >= 4 is 11.7 Å². The second-order valence-electron chi connectivity index (χ2n) is 3.66. The number of amides is 2. The van der Waals surface area contributed by atoms with Crippen LogP contribution in [0.15, 0.2) is 18.2 Å². The zero-order chi connectivity index (χ0) is 14.5. The van der Waals surface area contributed by atoms with E-state index in [-0.39, 0.29) is 12.2 Å². The summed E-state index contributed by atoms with van der Waals surface area (Å²) in [4.78, 5) is 11.3. The first kappa shape index (κ1) is 15.1. The molecule has 1 aromatic carbocycles. The number of halogens is 3. The number of ether oxygens (including phenoxy) is 1. The maximum Gasteiger partial charge on any atom is 0.405 e. The fourth-order valence-corrected chi connectivity index (χ4v) is 1.31. The highest BCUT2D eigenvalue weighted by atomic mass is 19.4. The van der Waals surface area contributed by atoms with Gasteiger partial charge in [0.1, 0.15) is 12.3 Å². The van der Waals surface area contributed by atoms with Gasteiger partial charge >= 0.3 is 12.2 Å². The summed E-state index contributed by atoms with van der Waals surface area (Å²) < 4.78 is 40.8. The maximum absolute atomic E-state index is 11.9. The summed E-state index contributed by atoms with van der Waals surface area (Å²) in [6.45, 7) is -1.11. The Morgan fingerprint density at radius 2 is 2.11 bits per heavy atom. The van der Waals surface area contributed by atoms with Crippen molar-refractivity contribution in [1.29, 1.82) is 0 Å². The number of methoxy groups -OCH3 is 1. The molecule has 1 rings (SSSR count). The van der Waals surface area contributed by atoms with Crippen molar-refractivity contribution in [1.82, 2.24) is 5.32 Å². The van der Waals surface area contributed by atoms with Crippen LogP contribution < -0.4 is 21.1 Å². The minimum Gasteiger partial charge on any atom is -0.495 e. The Kier molecular flexibility index (Phi) is 4.99. The smallest absolute Gasteiger partial charge is 0.405 e. The Hall–Kier alpha value is -1.96. The molecule has 0 atom stereocenters. The molecular formula is C11H14F3N3O2. The van der Waals surface area contributed by atoms with Gasteiger partial charge in [-0.25, -0.2) is 4.79 Å². The van der Waals surface area contributed by atoms with Gasteiger partial charge in [-0.1, -0.05) is 6.07 Å². The molecule has 0 aromatic heterocycles. The van der Waals surface area contributed by atoms with Crippen LogP contribution in [0, 0.1) is 0 Å². The quantitative estimate of drug-likeness (QED) is 0.786. The van der Waals surface area contributed by atoms with Crippen LogP contribution in [-0.4, -0.2) is 25.9 Å². The summed E-state index contributed by atoms with van der Waals surface area (Å²) in [5, 5.41) is 3.97. The van der Waals surface area contributed by atoms with E-state index in [9.17, 15) is 18.0 Å². The number of hydrogen-bond donors (Lipinski definition) is 3. The molecule has 0 aliphatic carbocycles. The second kappa shape index (κ2) is 6.28. The van der Waals surface area contributed by atoms with E-state index < -0.39 is 18.8 Å². The zero-order valence-corrected chi connectivity index (χ0v) is 10.2. The number of alkyl halides is 3. The summed E-state index contributed by atoms with van der Waals surface area (Å²) in [7, 11) is 1.38. The van der Waals surface area contributed by atoms with Crippen molar-refractivity contribution in [2.45, 2.75) is 12.7 Å². The lowest BCUT2D eigenvalue weighted by atomic mass is 10.2. The molecule has 19 heavy (non-hydrogen) atoms. The van der Waals surface area contributed by atoms with Crippen molar-refractivity contribution in [3.63, 3.8) is 0 Å². The van der Waals surface area contributed by atoms with Gasteiger partial charge in [0.15, 0.2) is 0 Å². The number of hydrogen-bond acceptors (Lipinski definition) is 3. The molecule has 0 bridgehead atoms. The van der Waals surface area contributed by atoms with Gasteiger partial charge in [0.25, 0.3) is 0 Å². The van der Waals surface area contributed by atoms with Crippen molar-refractivity contribution in [3.05, 3.63) is 23.8 Å². The predicted molar refractivity (Wildman–Crippen MR) is 64.0 cm³/mol. The number of nitrogens with one attached hydrogen (secondary N) is 2. The van der Waals surface area contributed by atoms with E-state index in [1.54, 1.807) is 17.4 Å². The van der Waals surface area contributed by atoms with Gasteiger partial charge in [-0.3, -0.25) is 0 Å². The molecule has 8 heteroatoms. The van der Waals surface area contributed by atoms with E-state index in [2.05, 4.69) is 5.32 Å². The van der Waals surface area contributed by atoms with Crippen LogP contribution in [0.1, 0.15) is 5.56 Å². The molecule has 2 amide bonds. The number of nitrogens with two attached hydrogens (primary N) is 1. The Morgan fingerprint density at radius 1 is 1.42 bits per heavy atom. The number of rotatable bonds is 4. The van der Waals surface area contributed by atoms with E-state index in [0.717, 1.165) is 5.56 Å². The van der Waals surface area contributed by atoms with Gasteiger partial charge in [-0.15, -0.1) is 0 Å². The lowest BCUT2D eigenvalue weighted by Crippen LogP contribution is -2.36. The minimum absolute atomic E-state index is 0.263. The minimum atomic E-state index is -4.45. The average Bonchev–Trinajstić information content (AvgIpc) is 2.36. The number of anilines is 1. The molecule has 0 unspecified atom stereocenters. The molecular weight excluding hydrogens is 263 g/mol. The van der Waals surface area contributed by atoms with E-state index >= 15 is 0 Å². The van der Waals surface area contributed by atoms with Crippen LogP contribution in [0.25, 0.3) is 0 Å². The lowest BCUT2D eigenvalue weighted by Gasteiger charge is -2.13. The summed E-state index contributed by atoms with van der Waals surface area (Å²) in [5.41, 5.74) is 6.48. The lowest BCUT2D eigenvalue weighted by molar-refractivity contribution is -0.122. The topological polar surface area (TPSA) is 76.4 Å². The van der Waals surface area contributed by atoms with Crippen LogP contribution in [-0.2, 0) is 6.54 Å². The largest absolute Gasteiger partial charge is 0.495 e. The molecule has 1 aromatic rings. The van der Waals surface area contributed by atoms with Gasteiger partial charge in [-0.2, -0.15) is 13.2 Å². The highest BCUT2D eigenvalue weighted by Gasteiger charge is 2.27. The molecule has 5 nitrogen and oxygen atoms in total. The summed E-state index contributed by atoms with van der Waals surface area (Å²) in [6.07, 6.45) is -4.45. The molecule has 0 saturated carbocycles. The summed E-state index contributed by atoms with van der Waals surface area (Å²) in [6, 6.07) is 3.78. The third-order valence-corrected chi connectivity index (χ3v) is 2.20. The standard InChI is InChI=1S/C11H14F3N3O2/c1-19-9-4-7(5-15)2-3-8(9)17-10(18)16-6-11(12,13)14/h2-4H,5-6,15H2,1H3,(H2,16,17,18). The third-order valence-electron chi connectivity index (χ3n) is 2.20. The summed E-state index contributed by atoms with van der Waals surface area (Å²) in [5.74, 6) is 0.324. The van der Waals surface area contributed by atoms with E-state index in [0.29, 0.717) is 5.75 Å². The maximum atomic E-state index is 11.9. The first-order valence-corrected chi connectivity index (χ1v) is 5.34. The van der Waals surface area contributed by atoms with Gasteiger partial charge in [-0.05, 0) is 17.7 Å². The molecule has 0 spiro atoms. The predicted octanol–water partition coefficient (Wildman–Crippen LogP) is 1.84. The number of benzene rings is 1. The number of urea groups is 1. The monoisotopic (exact) mass is 277 g/mol. The van der Waals surface area contributed by atoms with Gasteiger partial charge in [0, 0.05) is 6.54 Å². The van der Waals surface area contributed by atoms with Crippen molar-refractivity contribution in [2.75, 3.05) is 19.0 Å². The Bertz CT molecular complexity index is 449. The third kappa shape index (κ3) is 5.04. The van der Waals surface area contributed by atoms with Gasteiger partial charge in [0.2, 0.25) is 0 Å². The van der Waals surface area contributed by atoms with Crippen molar-refractivity contribution in [3.8, 4) is 5.75 Å². The Balaban J connectivity index is 2.68. The first-order chi connectivity index (χ1) is 8.85. The number of carbonyl (C=O) groups is 1. The molecule has 0 saturated heterocycles. The molecule has 0 radical (unpaired) electrons. The zero-order valence-electron chi connectivity index (χ0n) is 10.2. The normalized spacial score (nSPS) is 11.0. The fraction of sp³-hybridized carbons (Fsp3) is 0.364. The van der Waals surface area contributed by atoms with E-state index in [4.69, 9.17) is 10.5 Å². The van der Waals surface area contributed by atoms with Gasteiger partial charge in [0.05, 0.1) is 12.8 Å². The second-order valence-corrected chi connectivity index (χ2v) is 3.66. The van der Waals surface area contributed by atoms with Crippen LogP contribution in [0.4, 0.5) is 23.7 Å². The molecule has 0 heterocycles. The van der Waals surface area contributed by atoms with Crippen LogP contribution in [0.5, 0.6) is 5.75 Å². The van der Waals surface area contributed by atoms with Crippen LogP contribution in [0.3, 0.4) is 0 Å². The Labute approximate surface area is 107 Å². The summed E-state index contributed by atoms with van der Waals surface area (Å²) >= 11 is 0. The molecule has 106 valence electrons. The highest BCUT2D eigenvalue weighted by molar-refractivity contribution is 5.91. The van der Waals surface area contributed by atoms with Crippen LogP contribution in [0.2, 0.25) is 0 Å². The van der Waals surface area contributed by atoms with E-state index in [1.165, 1.54) is 13.2 Å². The van der Waals surface area contributed by atoms with Crippen LogP contribution >= 0.6 is 0 Å². The molecule has 0 aliphatic rings.